The van der Waals surface area contributed by atoms with E-state index in [9.17, 15) is 0 Å². The van der Waals surface area contributed by atoms with E-state index in [0.29, 0.717) is 0 Å². The molecule has 0 atom stereocenters. The van der Waals surface area contributed by atoms with Crippen LogP contribution >= 0.6 is 0 Å². The van der Waals surface area contributed by atoms with Gasteiger partial charge in [0.05, 0.1) is 0 Å². The molecule has 78 valence electrons. The van der Waals surface area contributed by atoms with E-state index in [1.165, 1.54) is 0 Å². The summed E-state index contributed by atoms with van der Waals surface area (Å²) in [6, 6.07) is 0. The summed E-state index contributed by atoms with van der Waals surface area (Å²) in [6.45, 7) is 11.4. The average molecular weight is 200 g/mol. The minimum Gasteiger partial charge on any atom is -0.456 e. The van der Waals surface area contributed by atoms with Gasteiger partial charge in [-0.05, 0) is 26.0 Å². The maximum atomic E-state index is 5.69. The van der Waals surface area contributed by atoms with Crippen LogP contribution in [0.1, 0.15) is 29.6 Å². The Morgan fingerprint density at radius 3 is 2.40 bits per heavy atom. The van der Waals surface area contributed by atoms with E-state index in [2.05, 4.69) is 13.2 Å². The maximum absolute atomic E-state index is 5.69. The lowest BCUT2D eigenvalue weighted by molar-refractivity contribution is 0.544. The van der Waals surface area contributed by atoms with Crippen LogP contribution in [0.15, 0.2) is 35.8 Å². The van der Waals surface area contributed by atoms with E-state index in [1.807, 2.05) is 44.2 Å². The molecule has 0 aliphatic carbocycles. The van der Waals surface area contributed by atoms with Crippen molar-refractivity contribution in [2.75, 3.05) is 0 Å². The lowest BCUT2D eigenvalue weighted by Crippen LogP contribution is -1.75. The number of hydrogen-bond acceptors (Lipinski definition) is 1. The molecule has 0 saturated heterocycles. The van der Waals surface area contributed by atoms with Crippen LogP contribution in [0.5, 0.6) is 0 Å². The second-order valence-corrected chi connectivity index (χ2v) is 3.17. The predicted octanol–water partition coefficient (Wildman–Crippen LogP) is 4.46. The largest absolute Gasteiger partial charge is 0.456 e. The summed E-state index contributed by atoms with van der Waals surface area (Å²) in [6.07, 6.45) is 11.2. The van der Waals surface area contributed by atoms with Crippen LogP contribution in [0.4, 0.5) is 0 Å². The van der Waals surface area contributed by atoms with Crippen molar-refractivity contribution in [1.82, 2.24) is 0 Å². The second-order valence-electron chi connectivity index (χ2n) is 3.17. The van der Waals surface area contributed by atoms with Crippen molar-refractivity contribution in [3.63, 3.8) is 0 Å². The van der Waals surface area contributed by atoms with Crippen LogP contribution in [-0.2, 0) is 0 Å². The lowest BCUT2D eigenvalue weighted by Gasteiger charge is -1.89. The van der Waals surface area contributed by atoms with Crippen molar-refractivity contribution in [3.8, 4) is 0 Å². The molecule has 0 radical (unpaired) electrons. The molecule has 0 aliphatic rings. The summed E-state index contributed by atoms with van der Waals surface area (Å²) in [7, 11) is 0. The van der Waals surface area contributed by atoms with Crippen LogP contribution in [0, 0.1) is 6.92 Å². The molecule has 1 nitrogen and oxygen atoms in total. The van der Waals surface area contributed by atoms with Crippen molar-refractivity contribution in [3.05, 3.63) is 54.0 Å². The number of hydrogen-bond donors (Lipinski definition) is 0. The summed E-state index contributed by atoms with van der Waals surface area (Å²) >= 11 is 0. The fourth-order valence-electron chi connectivity index (χ4n) is 1.41. The second kappa shape index (κ2) is 5.20. The van der Waals surface area contributed by atoms with Crippen molar-refractivity contribution >= 4 is 18.2 Å². The normalized spacial score (nSPS) is 11.3. The van der Waals surface area contributed by atoms with E-state index >= 15 is 0 Å². The van der Waals surface area contributed by atoms with Gasteiger partial charge in [-0.2, -0.15) is 0 Å². The van der Waals surface area contributed by atoms with Crippen molar-refractivity contribution < 1.29 is 4.42 Å². The maximum Gasteiger partial charge on any atom is 0.134 e. The first-order chi connectivity index (χ1) is 7.24. The van der Waals surface area contributed by atoms with Gasteiger partial charge in [0.2, 0.25) is 0 Å². The molecule has 0 unspecified atom stereocenters. The van der Waals surface area contributed by atoms with Gasteiger partial charge in [0.15, 0.2) is 0 Å². The van der Waals surface area contributed by atoms with E-state index in [1.54, 1.807) is 6.08 Å². The van der Waals surface area contributed by atoms with Gasteiger partial charge < -0.3 is 4.42 Å². The molecule has 0 amide bonds. The molecule has 1 rings (SSSR count). The van der Waals surface area contributed by atoms with E-state index < -0.39 is 0 Å². The first kappa shape index (κ1) is 11.3. The Morgan fingerprint density at radius 1 is 1.13 bits per heavy atom. The van der Waals surface area contributed by atoms with Gasteiger partial charge in [-0.25, -0.2) is 0 Å². The van der Waals surface area contributed by atoms with Crippen LogP contribution < -0.4 is 0 Å². The van der Waals surface area contributed by atoms with E-state index in [4.69, 9.17) is 4.42 Å². The molecule has 0 N–H and O–H groups in total. The molecule has 1 heteroatoms. The van der Waals surface area contributed by atoms with Gasteiger partial charge in [-0.15, -0.1) is 0 Å². The van der Waals surface area contributed by atoms with Gasteiger partial charge in [0.25, 0.3) is 0 Å². The van der Waals surface area contributed by atoms with Crippen LogP contribution in [0.25, 0.3) is 18.2 Å². The topological polar surface area (TPSA) is 13.1 Å². The van der Waals surface area contributed by atoms with Gasteiger partial charge in [-0.1, -0.05) is 37.5 Å². The molecular formula is C14H16O. The van der Waals surface area contributed by atoms with Gasteiger partial charge >= 0.3 is 0 Å². The van der Waals surface area contributed by atoms with Gasteiger partial charge in [0, 0.05) is 11.1 Å². The van der Waals surface area contributed by atoms with Gasteiger partial charge in [-0.3, -0.25) is 0 Å². The summed E-state index contributed by atoms with van der Waals surface area (Å²) in [5.74, 6) is 1.71. The molecule has 0 aliphatic heterocycles. The van der Waals surface area contributed by atoms with Crippen molar-refractivity contribution in [2.45, 2.75) is 13.8 Å². The van der Waals surface area contributed by atoms with Crippen LogP contribution in [0.2, 0.25) is 0 Å². The molecule has 1 aromatic rings. The third-order valence-corrected chi connectivity index (χ3v) is 2.16. The summed E-state index contributed by atoms with van der Waals surface area (Å²) in [4.78, 5) is 0. The first-order valence-electron chi connectivity index (χ1n) is 4.92. The molecule has 15 heavy (non-hydrogen) atoms. The average Bonchev–Trinajstić information content (AvgIpc) is 2.52. The SMILES string of the molecule is C=C/C=C\c1oc(/C=C\C)c(C=C)c1C. The Morgan fingerprint density at radius 2 is 1.87 bits per heavy atom. The van der Waals surface area contributed by atoms with Gasteiger partial charge in [0.1, 0.15) is 11.5 Å². The van der Waals surface area contributed by atoms with Crippen LogP contribution in [0.3, 0.4) is 0 Å². The number of allylic oxidation sites excluding steroid dienone is 3. The summed E-state index contributed by atoms with van der Waals surface area (Å²) in [5.41, 5.74) is 2.16. The Bertz CT molecular complexity index is 417. The zero-order valence-corrected chi connectivity index (χ0v) is 9.29. The summed E-state index contributed by atoms with van der Waals surface area (Å²) < 4.78 is 5.69. The predicted molar refractivity (Wildman–Crippen MR) is 67.5 cm³/mol. The fraction of sp³-hybridized carbons (Fsp3) is 0.143. The lowest BCUT2D eigenvalue weighted by atomic mass is 10.1. The highest BCUT2D eigenvalue weighted by molar-refractivity contribution is 5.68. The zero-order chi connectivity index (χ0) is 11.3. The highest BCUT2D eigenvalue weighted by Crippen LogP contribution is 2.25. The standard InChI is InChI=1S/C14H16O/c1-5-8-10-13-11(4)12(7-3)14(15-13)9-6-2/h5-10H,1,3H2,2,4H3/b9-6-,10-8-. The molecular weight excluding hydrogens is 184 g/mol. The molecule has 1 heterocycles. The molecule has 0 saturated carbocycles. The number of furan rings is 1. The first-order valence-corrected chi connectivity index (χ1v) is 4.92. The van der Waals surface area contributed by atoms with Crippen molar-refractivity contribution in [2.24, 2.45) is 0 Å². The zero-order valence-electron chi connectivity index (χ0n) is 9.29. The van der Waals surface area contributed by atoms with E-state index in [-0.39, 0.29) is 0 Å². The quantitative estimate of drug-likeness (QED) is 0.654. The Balaban J connectivity index is 3.25. The molecule has 0 fully saturated rings. The highest BCUT2D eigenvalue weighted by atomic mass is 16.3. The summed E-state index contributed by atoms with van der Waals surface area (Å²) in [5, 5.41) is 0. The fourth-order valence-corrected chi connectivity index (χ4v) is 1.41. The molecule has 0 spiro atoms. The molecule has 0 aromatic carbocycles. The Hall–Kier alpha value is -1.76. The minimum absolute atomic E-state index is 0.855. The monoisotopic (exact) mass is 200 g/mol. The highest BCUT2D eigenvalue weighted by Gasteiger charge is 2.09. The third-order valence-electron chi connectivity index (χ3n) is 2.16. The third kappa shape index (κ3) is 2.38. The smallest absolute Gasteiger partial charge is 0.134 e. The Labute approximate surface area is 91.1 Å². The molecule has 0 bridgehead atoms. The van der Waals surface area contributed by atoms with Crippen LogP contribution in [-0.4, -0.2) is 0 Å². The van der Waals surface area contributed by atoms with Crippen molar-refractivity contribution in [1.29, 1.82) is 0 Å². The Kier molecular flexibility index (Phi) is 3.92. The number of rotatable bonds is 4. The minimum atomic E-state index is 0.855. The molecule has 1 aromatic heterocycles. The van der Waals surface area contributed by atoms with E-state index in [0.717, 1.165) is 22.6 Å².